The van der Waals surface area contributed by atoms with Gasteiger partial charge in [0.2, 0.25) is 0 Å². The van der Waals surface area contributed by atoms with Crippen LogP contribution in [0.5, 0.6) is 0 Å². The molecule has 1 saturated heterocycles. The van der Waals surface area contributed by atoms with Crippen LogP contribution in [0, 0.1) is 6.92 Å². The second-order valence-corrected chi connectivity index (χ2v) is 7.13. The zero-order valence-corrected chi connectivity index (χ0v) is 15.1. The van der Waals surface area contributed by atoms with Gasteiger partial charge in [-0.25, -0.2) is 0 Å². The molecule has 1 aliphatic heterocycles. The van der Waals surface area contributed by atoms with E-state index in [1.807, 2.05) is 31.2 Å². The van der Waals surface area contributed by atoms with E-state index in [2.05, 4.69) is 0 Å². The molecule has 1 heterocycles. The largest absolute Gasteiger partial charge is 0.293 e. The Morgan fingerprint density at radius 2 is 1.71 bits per heavy atom. The topological polar surface area (TPSA) is 37.4 Å². The third kappa shape index (κ3) is 3.36. The number of halogens is 2. The fourth-order valence-electron chi connectivity index (χ4n) is 2.37. The van der Waals surface area contributed by atoms with Crippen LogP contribution in [0.4, 0.5) is 4.79 Å². The van der Waals surface area contributed by atoms with Crippen LogP contribution >= 0.6 is 35.0 Å². The SMILES string of the molecule is Cc1ccccc1C=C1SC(=O)N(Cc2c(Cl)cccc2Cl)C1=O. The molecule has 0 N–H and O–H groups in total. The standard InChI is InChI=1S/C18H13Cl2NO2S/c1-11-5-2-3-6-12(11)9-16-17(22)21(18(23)24-16)10-13-14(19)7-4-8-15(13)20/h2-9H,10H2,1H3. The molecule has 24 heavy (non-hydrogen) atoms. The van der Waals surface area contributed by atoms with Gasteiger partial charge in [0.25, 0.3) is 11.1 Å². The van der Waals surface area contributed by atoms with Crippen molar-refractivity contribution < 1.29 is 9.59 Å². The highest BCUT2D eigenvalue weighted by atomic mass is 35.5. The van der Waals surface area contributed by atoms with E-state index in [1.165, 1.54) is 4.90 Å². The van der Waals surface area contributed by atoms with Crippen molar-refractivity contribution in [2.24, 2.45) is 0 Å². The highest BCUT2D eigenvalue weighted by Gasteiger charge is 2.35. The first kappa shape index (κ1) is 17.1. The van der Waals surface area contributed by atoms with Gasteiger partial charge < -0.3 is 0 Å². The van der Waals surface area contributed by atoms with Crippen LogP contribution in [0.25, 0.3) is 6.08 Å². The number of rotatable bonds is 3. The smallest absolute Gasteiger partial charge is 0.268 e. The molecule has 0 atom stereocenters. The van der Waals surface area contributed by atoms with Crippen molar-refractivity contribution in [3.8, 4) is 0 Å². The maximum absolute atomic E-state index is 12.6. The van der Waals surface area contributed by atoms with E-state index in [9.17, 15) is 9.59 Å². The molecule has 1 aliphatic rings. The quantitative estimate of drug-likeness (QED) is 0.659. The van der Waals surface area contributed by atoms with Gasteiger partial charge in [-0.15, -0.1) is 0 Å². The molecular weight excluding hydrogens is 365 g/mol. The molecule has 0 aliphatic carbocycles. The van der Waals surface area contributed by atoms with Gasteiger partial charge in [0.15, 0.2) is 0 Å². The van der Waals surface area contributed by atoms with Gasteiger partial charge in [-0.05, 0) is 48.0 Å². The molecule has 0 spiro atoms. The fourth-order valence-corrected chi connectivity index (χ4v) is 3.71. The number of benzene rings is 2. The Kier molecular flexibility index (Phi) is 4.99. The van der Waals surface area contributed by atoms with Crippen LogP contribution in [0.1, 0.15) is 16.7 Å². The van der Waals surface area contributed by atoms with E-state index in [-0.39, 0.29) is 17.7 Å². The Morgan fingerprint density at radius 1 is 1.04 bits per heavy atom. The van der Waals surface area contributed by atoms with E-state index >= 15 is 0 Å². The summed E-state index contributed by atoms with van der Waals surface area (Å²) in [7, 11) is 0. The zero-order chi connectivity index (χ0) is 17.3. The summed E-state index contributed by atoms with van der Waals surface area (Å²) in [4.78, 5) is 26.4. The summed E-state index contributed by atoms with van der Waals surface area (Å²) in [6.45, 7) is 2.02. The Morgan fingerprint density at radius 3 is 2.38 bits per heavy atom. The van der Waals surface area contributed by atoms with Crippen LogP contribution in [-0.2, 0) is 11.3 Å². The Labute approximate surface area is 154 Å². The van der Waals surface area contributed by atoms with Crippen molar-refractivity contribution in [1.29, 1.82) is 0 Å². The number of aryl methyl sites for hydroxylation is 1. The van der Waals surface area contributed by atoms with E-state index in [0.717, 1.165) is 22.9 Å². The van der Waals surface area contributed by atoms with Crippen LogP contribution < -0.4 is 0 Å². The second-order valence-electron chi connectivity index (χ2n) is 5.32. The summed E-state index contributed by atoms with van der Waals surface area (Å²) in [5.74, 6) is -0.329. The molecule has 2 aromatic rings. The summed E-state index contributed by atoms with van der Waals surface area (Å²) >= 11 is 13.2. The van der Waals surface area contributed by atoms with Crippen molar-refractivity contribution in [3.05, 3.63) is 74.1 Å². The van der Waals surface area contributed by atoms with Crippen molar-refractivity contribution in [2.45, 2.75) is 13.5 Å². The van der Waals surface area contributed by atoms with Crippen LogP contribution in [0.3, 0.4) is 0 Å². The number of carbonyl (C=O) groups is 2. The summed E-state index contributed by atoms with van der Waals surface area (Å²) in [5, 5.41) is 0.546. The molecule has 0 bridgehead atoms. The average molecular weight is 378 g/mol. The molecule has 6 heteroatoms. The summed E-state index contributed by atoms with van der Waals surface area (Å²) in [6, 6.07) is 12.8. The van der Waals surface area contributed by atoms with Crippen molar-refractivity contribution in [3.63, 3.8) is 0 Å². The molecular formula is C18H13Cl2NO2S. The van der Waals surface area contributed by atoms with Crippen molar-refractivity contribution in [1.82, 2.24) is 4.90 Å². The minimum absolute atomic E-state index is 0.0638. The van der Waals surface area contributed by atoms with Crippen molar-refractivity contribution in [2.75, 3.05) is 0 Å². The van der Waals surface area contributed by atoms with Crippen LogP contribution in [0.2, 0.25) is 10.0 Å². The van der Waals surface area contributed by atoms with Gasteiger partial charge in [-0.1, -0.05) is 53.5 Å². The Balaban J connectivity index is 1.89. The predicted molar refractivity (Wildman–Crippen MR) is 99.2 cm³/mol. The predicted octanol–water partition coefficient (Wildman–Crippen LogP) is 5.54. The van der Waals surface area contributed by atoms with Gasteiger partial charge in [-0.2, -0.15) is 0 Å². The monoisotopic (exact) mass is 377 g/mol. The molecule has 1 fully saturated rings. The molecule has 3 rings (SSSR count). The van der Waals surface area contributed by atoms with E-state index in [1.54, 1.807) is 24.3 Å². The number of thioether (sulfide) groups is 1. The first-order valence-corrected chi connectivity index (χ1v) is 8.78. The average Bonchev–Trinajstić information content (AvgIpc) is 2.80. The Bertz CT molecular complexity index is 844. The fraction of sp³-hybridized carbons (Fsp3) is 0.111. The first-order valence-electron chi connectivity index (χ1n) is 7.21. The van der Waals surface area contributed by atoms with Gasteiger partial charge in [0.05, 0.1) is 11.4 Å². The normalized spacial score (nSPS) is 16.3. The molecule has 0 saturated carbocycles. The van der Waals surface area contributed by atoms with Crippen molar-refractivity contribution >= 4 is 52.2 Å². The van der Waals surface area contributed by atoms with Gasteiger partial charge >= 0.3 is 0 Å². The molecule has 122 valence electrons. The maximum atomic E-state index is 12.6. The third-order valence-corrected chi connectivity index (χ3v) is 5.34. The number of hydrogen-bond acceptors (Lipinski definition) is 3. The number of imide groups is 1. The van der Waals surface area contributed by atoms with Crippen LogP contribution in [0.15, 0.2) is 47.4 Å². The van der Waals surface area contributed by atoms with E-state index in [4.69, 9.17) is 23.2 Å². The summed E-state index contributed by atoms with van der Waals surface area (Å²) in [6.07, 6.45) is 1.74. The van der Waals surface area contributed by atoms with E-state index < -0.39 is 0 Å². The lowest BCUT2D eigenvalue weighted by molar-refractivity contribution is -0.123. The molecule has 2 amide bonds. The lowest BCUT2D eigenvalue weighted by atomic mass is 10.1. The first-order chi connectivity index (χ1) is 11.5. The zero-order valence-electron chi connectivity index (χ0n) is 12.8. The highest BCUT2D eigenvalue weighted by molar-refractivity contribution is 8.18. The number of hydrogen-bond donors (Lipinski definition) is 0. The Hall–Kier alpha value is -1.75. The minimum atomic E-state index is -0.329. The van der Waals surface area contributed by atoms with Gasteiger partial charge in [0.1, 0.15) is 0 Å². The molecule has 3 nitrogen and oxygen atoms in total. The summed E-state index contributed by atoms with van der Waals surface area (Å²) < 4.78 is 0. The van der Waals surface area contributed by atoms with E-state index in [0.29, 0.717) is 20.5 Å². The molecule has 0 unspecified atom stereocenters. The third-order valence-electron chi connectivity index (χ3n) is 3.73. The van der Waals surface area contributed by atoms with Gasteiger partial charge in [0, 0.05) is 15.6 Å². The number of nitrogens with zero attached hydrogens (tertiary/aromatic N) is 1. The van der Waals surface area contributed by atoms with Gasteiger partial charge in [-0.3, -0.25) is 14.5 Å². The highest BCUT2D eigenvalue weighted by Crippen LogP contribution is 2.35. The minimum Gasteiger partial charge on any atom is -0.268 e. The molecule has 2 aromatic carbocycles. The van der Waals surface area contributed by atoms with Crippen LogP contribution in [-0.4, -0.2) is 16.0 Å². The molecule has 0 radical (unpaired) electrons. The molecule has 0 aromatic heterocycles. The maximum Gasteiger partial charge on any atom is 0.293 e. The lowest BCUT2D eigenvalue weighted by Gasteiger charge is -2.14. The number of carbonyl (C=O) groups excluding carboxylic acids is 2. The summed E-state index contributed by atoms with van der Waals surface area (Å²) in [5.41, 5.74) is 2.53. The lowest BCUT2D eigenvalue weighted by Crippen LogP contribution is -2.27. The second kappa shape index (κ2) is 7.01. The number of amides is 2.